The Morgan fingerprint density at radius 3 is 2.72 bits per heavy atom. The Morgan fingerprint density at radius 1 is 1.16 bits per heavy atom. The summed E-state index contributed by atoms with van der Waals surface area (Å²) in [6, 6.07) is 12.0. The average Bonchev–Trinajstić information content (AvgIpc) is 3.29. The van der Waals surface area contributed by atoms with Gasteiger partial charge in [-0.05, 0) is 24.5 Å². The van der Waals surface area contributed by atoms with E-state index in [9.17, 15) is 4.79 Å². The van der Waals surface area contributed by atoms with Crippen LogP contribution in [0.15, 0.2) is 55.0 Å². The van der Waals surface area contributed by atoms with Gasteiger partial charge in [0.05, 0.1) is 24.0 Å². The second kappa shape index (κ2) is 8.28. The zero-order valence-electron chi connectivity index (χ0n) is 14.4. The van der Waals surface area contributed by atoms with Crippen molar-refractivity contribution in [2.75, 3.05) is 6.54 Å². The van der Waals surface area contributed by atoms with E-state index < -0.39 is 0 Å². The maximum absolute atomic E-state index is 12.5. The predicted octanol–water partition coefficient (Wildman–Crippen LogP) is 2.51. The summed E-state index contributed by atoms with van der Waals surface area (Å²) >= 11 is 0. The molecule has 2 heterocycles. The van der Waals surface area contributed by atoms with Crippen LogP contribution in [0.25, 0.3) is 0 Å². The summed E-state index contributed by atoms with van der Waals surface area (Å²) in [5.41, 5.74) is 2.80. The molecule has 3 aromatic rings. The first-order valence-electron chi connectivity index (χ1n) is 8.62. The topological polar surface area (TPSA) is 64.7 Å². The lowest BCUT2D eigenvalue weighted by Gasteiger charge is -2.09. The molecule has 3 rings (SSSR count). The van der Waals surface area contributed by atoms with Gasteiger partial charge in [0.1, 0.15) is 0 Å². The fourth-order valence-electron chi connectivity index (χ4n) is 2.84. The number of benzene rings is 1. The van der Waals surface area contributed by atoms with Crippen LogP contribution in [0.1, 0.15) is 35.0 Å². The average molecular weight is 337 g/mol. The molecule has 6 nitrogen and oxygen atoms in total. The van der Waals surface area contributed by atoms with E-state index in [1.807, 2.05) is 46.7 Å². The molecule has 0 atom stereocenters. The largest absolute Gasteiger partial charge is 0.352 e. The van der Waals surface area contributed by atoms with E-state index in [0.29, 0.717) is 18.7 Å². The molecular weight excluding hydrogens is 314 g/mol. The molecule has 25 heavy (non-hydrogen) atoms. The smallest absolute Gasteiger partial charge is 0.254 e. The number of rotatable bonds is 8. The first-order chi connectivity index (χ1) is 12.3. The molecule has 0 aliphatic rings. The van der Waals surface area contributed by atoms with Crippen LogP contribution in [0.5, 0.6) is 0 Å². The lowest BCUT2D eigenvalue weighted by Crippen LogP contribution is -2.26. The number of carbonyl (C=O) groups excluding carboxylic acids is 1. The maximum atomic E-state index is 12.5. The number of nitrogens with zero attached hydrogens (tertiary/aromatic N) is 4. The Bertz CT molecular complexity index is 793. The summed E-state index contributed by atoms with van der Waals surface area (Å²) in [7, 11) is 0. The minimum atomic E-state index is -0.0587. The van der Waals surface area contributed by atoms with Crippen LogP contribution in [0.2, 0.25) is 0 Å². The van der Waals surface area contributed by atoms with Crippen LogP contribution >= 0.6 is 0 Å². The highest BCUT2D eigenvalue weighted by Crippen LogP contribution is 2.12. The Balaban J connectivity index is 1.58. The van der Waals surface area contributed by atoms with Crippen molar-refractivity contribution in [3.05, 3.63) is 71.8 Å². The molecule has 1 N–H and O–H groups in total. The van der Waals surface area contributed by atoms with Crippen molar-refractivity contribution >= 4 is 5.91 Å². The molecule has 0 radical (unpaired) electrons. The van der Waals surface area contributed by atoms with Gasteiger partial charge in [-0.3, -0.25) is 14.2 Å². The van der Waals surface area contributed by atoms with Gasteiger partial charge < -0.3 is 5.32 Å². The number of hydrogen-bond acceptors (Lipinski definition) is 3. The highest BCUT2D eigenvalue weighted by molar-refractivity contribution is 5.95. The van der Waals surface area contributed by atoms with E-state index in [4.69, 9.17) is 0 Å². The van der Waals surface area contributed by atoms with Crippen molar-refractivity contribution in [2.45, 2.75) is 32.9 Å². The summed E-state index contributed by atoms with van der Waals surface area (Å²) in [4.78, 5) is 12.5. The molecule has 0 unspecified atom stereocenters. The van der Waals surface area contributed by atoms with E-state index in [1.54, 1.807) is 12.4 Å². The molecule has 6 heteroatoms. The van der Waals surface area contributed by atoms with Crippen LogP contribution in [-0.4, -0.2) is 32.0 Å². The number of amides is 1. The molecule has 2 aromatic heterocycles. The van der Waals surface area contributed by atoms with E-state index in [1.165, 1.54) is 5.56 Å². The highest BCUT2D eigenvalue weighted by Gasteiger charge is 2.15. The summed E-state index contributed by atoms with van der Waals surface area (Å²) in [5.74, 6) is -0.0587. The lowest BCUT2D eigenvalue weighted by molar-refractivity contribution is 0.0951. The van der Waals surface area contributed by atoms with Gasteiger partial charge in [-0.25, -0.2) is 0 Å². The van der Waals surface area contributed by atoms with Crippen LogP contribution < -0.4 is 5.32 Å². The van der Waals surface area contributed by atoms with Crippen LogP contribution in [0, 0.1) is 0 Å². The van der Waals surface area contributed by atoms with Gasteiger partial charge in [-0.2, -0.15) is 10.2 Å². The van der Waals surface area contributed by atoms with Crippen LogP contribution in [0.3, 0.4) is 0 Å². The summed E-state index contributed by atoms with van der Waals surface area (Å²) in [5, 5.41) is 11.5. The van der Waals surface area contributed by atoms with Crippen molar-refractivity contribution in [1.82, 2.24) is 24.9 Å². The van der Waals surface area contributed by atoms with E-state index >= 15 is 0 Å². The number of aryl methyl sites for hydroxylation is 1. The standard InChI is InChI=1S/C19H23N5O/c1-2-18-17(14-22-24(18)15-16-8-4-3-5-9-16)19(25)20-10-6-12-23-13-7-11-21-23/h3-5,7-9,11,13-14H,2,6,10,12,15H2,1H3,(H,20,25). The second-order valence-corrected chi connectivity index (χ2v) is 5.88. The Morgan fingerprint density at radius 2 is 2.00 bits per heavy atom. The molecule has 0 fully saturated rings. The van der Waals surface area contributed by atoms with Crippen molar-refractivity contribution in [1.29, 1.82) is 0 Å². The predicted molar refractivity (Wildman–Crippen MR) is 96.3 cm³/mol. The molecule has 0 aliphatic heterocycles. The second-order valence-electron chi connectivity index (χ2n) is 5.88. The summed E-state index contributed by atoms with van der Waals surface area (Å²) < 4.78 is 3.77. The van der Waals surface area contributed by atoms with E-state index in [2.05, 4.69) is 27.6 Å². The molecule has 130 valence electrons. The molecule has 0 saturated heterocycles. The number of hydrogen-bond donors (Lipinski definition) is 1. The molecule has 1 amide bonds. The number of aromatic nitrogens is 4. The van der Waals surface area contributed by atoms with Gasteiger partial charge in [-0.15, -0.1) is 0 Å². The summed E-state index contributed by atoms with van der Waals surface area (Å²) in [6.07, 6.45) is 6.96. The first kappa shape index (κ1) is 17.0. The van der Waals surface area contributed by atoms with Crippen molar-refractivity contribution in [2.24, 2.45) is 0 Å². The molecule has 0 bridgehead atoms. The zero-order chi connectivity index (χ0) is 17.5. The number of nitrogens with one attached hydrogen (secondary N) is 1. The third-order valence-electron chi connectivity index (χ3n) is 4.11. The van der Waals surface area contributed by atoms with Gasteiger partial charge in [0.25, 0.3) is 5.91 Å². The third kappa shape index (κ3) is 4.35. The van der Waals surface area contributed by atoms with Gasteiger partial charge >= 0.3 is 0 Å². The molecule has 0 aliphatic carbocycles. The first-order valence-corrected chi connectivity index (χ1v) is 8.62. The lowest BCUT2D eigenvalue weighted by atomic mass is 10.1. The number of carbonyl (C=O) groups is 1. The molecular formula is C19H23N5O. The quantitative estimate of drug-likeness (QED) is 0.642. The van der Waals surface area contributed by atoms with Gasteiger partial charge in [-0.1, -0.05) is 37.3 Å². The maximum Gasteiger partial charge on any atom is 0.254 e. The summed E-state index contributed by atoms with van der Waals surface area (Å²) in [6.45, 7) is 4.14. The normalized spacial score (nSPS) is 10.8. The van der Waals surface area contributed by atoms with E-state index in [0.717, 1.165) is 25.1 Å². The van der Waals surface area contributed by atoms with Crippen molar-refractivity contribution in [3.8, 4) is 0 Å². The fourth-order valence-corrected chi connectivity index (χ4v) is 2.84. The fraction of sp³-hybridized carbons (Fsp3) is 0.316. The molecule has 1 aromatic carbocycles. The highest BCUT2D eigenvalue weighted by atomic mass is 16.1. The third-order valence-corrected chi connectivity index (χ3v) is 4.11. The Kier molecular flexibility index (Phi) is 5.61. The minimum Gasteiger partial charge on any atom is -0.352 e. The monoisotopic (exact) mass is 337 g/mol. The Labute approximate surface area is 147 Å². The van der Waals surface area contributed by atoms with Crippen molar-refractivity contribution < 1.29 is 4.79 Å². The molecule has 0 spiro atoms. The van der Waals surface area contributed by atoms with Crippen molar-refractivity contribution in [3.63, 3.8) is 0 Å². The zero-order valence-corrected chi connectivity index (χ0v) is 14.4. The van der Waals surface area contributed by atoms with Gasteiger partial charge in [0, 0.05) is 25.5 Å². The Hall–Kier alpha value is -2.89. The van der Waals surface area contributed by atoms with Crippen LogP contribution in [0.4, 0.5) is 0 Å². The SMILES string of the molecule is CCc1c(C(=O)NCCCn2cccn2)cnn1Cc1ccccc1. The van der Waals surface area contributed by atoms with Crippen LogP contribution in [-0.2, 0) is 19.5 Å². The molecule has 0 saturated carbocycles. The van der Waals surface area contributed by atoms with Gasteiger partial charge in [0.15, 0.2) is 0 Å². The minimum absolute atomic E-state index is 0.0587. The van der Waals surface area contributed by atoms with Gasteiger partial charge in [0.2, 0.25) is 0 Å². The van der Waals surface area contributed by atoms with E-state index in [-0.39, 0.29) is 5.91 Å².